The van der Waals surface area contributed by atoms with Crippen molar-refractivity contribution in [2.75, 3.05) is 31.2 Å². The maximum Gasteiger partial charge on any atom is 0.254 e. The molecule has 3 aliphatic heterocycles. The number of carbonyl (C=O) groups is 2. The normalized spacial score (nSPS) is 20.6. The molecule has 2 aromatic rings. The number of amides is 2. The highest BCUT2D eigenvalue weighted by Crippen LogP contribution is 2.36. The highest BCUT2D eigenvalue weighted by molar-refractivity contribution is 6.09. The topological polar surface area (TPSA) is 105 Å². The second kappa shape index (κ2) is 6.91. The standard InChI is InChI=1S/C20H20N4O5/c25-18-13-3-5-23(10-15(13)21-11-22-18)19(26)14-4-6-24(20(14)27)12-1-2-16-17(9-12)29-8-7-28-16/h1-2,9,11,14H,3-8,10H2,(H,21,22,25). The third-order valence-corrected chi connectivity index (χ3v) is 5.66. The van der Waals surface area contributed by atoms with E-state index in [0.717, 1.165) is 0 Å². The van der Waals surface area contributed by atoms with Gasteiger partial charge in [-0.1, -0.05) is 0 Å². The van der Waals surface area contributed by atoms with Gasteiger partial charge < -0.3 is 24.3 Å². The third-order valence-electron chi connectivity index (χ3n) is 5.66. The number of fused-ring (bicyclic) bond motifs is 2. The number of benzene rings is 1. The first-order chi connectivity index (χ1) is 14.1. The van der Waals surface area contributed by atoms with E-state index in [1.807, 2.05) is 6.07 Å². The first-order valence-electron chi connectivity index (χ1n) is 9.67. The summed E-state index contributed by atoms with van der Waals surface area (Å²) in [5.41, 5.74) is 1.75. The number of hydrogen-bond donors (Lipinski definition) is 1. The highest BCUT2D eigenvalue weighted by Gasteiger charge is 2.40. The first kappa shape index (κ1) is 17.7. The quantitative estimate of drug-likeness (QED) is 0.741. The molecule has 1 aromatic carbocycles. The fourth-order valence-corrected chi connectivity index (χ4v) is 4.14. The number of aromatic nitrogens is 2. The fraction of sp³-hybridized carbons (Fsp3) is 0.400. The van der Waals surface area contributed by atoms with Gasteiger partial charge in [-0.05, 0) is 25.0 Å². The summed E-state index contributed by atoms with van der Waals surface area (Å²) in [7, 11) is 0. The average molecular weight is 396 g/mol. The van der Waals surface area contributed by atoms with Gasteiger partial charge in [-0.15, -0.1) is 0 Å². The molecule has 1 unspecified atom stereocenters. The first-order valence-corrected chi connectivity index (χ1v) is 9.67. The Bertz CT molecular complexity index is 1050. The predicted octanol–water partition coefficient (Wildman–Crippen LogP) is 0.479. The van der Waals surface area contributed by atoms with Crippen LogP contribution in [0.1, 0.15) is 17.7 Å². The lowest BCUT2D eigenvalue weighted by atomic mass is 10.0. The summed E-state index contributed by atoms with van der Waals surface area (Å²) in [6, 6.07) is 5.38. The van der Waals surface area contributed by atoms with Crippen LogP contribution in [0.15, 0.2) is 29.3 Å². The van der Waals surface area contributed by atoms with Gasteiger partial charge in [-0.2, -0.15) is 0 Å². The van der Waals surface area contributed by atoms with Gasteiger partial charge in [0, 0.05) is 30.4 Å². The Labute approximate surface area is 166 Å². The van der Waals surface area contributed by atoms with E-state index < -0.39 is 5.92 Å². The van der Waals surface area contributed by atoms with E-state index in [9.17, 15) is 14.4 Å². The largest absolute Gasteiger partial charge is 0.486 e. The highest BCUT2D eigenvalue weighted by atomic mass is 16.6. The van der Waals surface area contributed by atoms with Gasteiger partial charge in [0.05, 0.1) is 18.6 Å². The van der Waals surface area contributed by atoms with E-state index in [0.29, 0.717) is 67.6 Å². The zero-order chi connectivity index (χ0) is 20.0. The zero-order valence-electron chi connectivity index (χ0n) is 15.7. The smallest absolute Gasteiger partial charge is 0.254 e. The number of H-pyrrole nitrogens is 1. The molecule has 1 aromatic heterocycles. The van der Waals surface area contributed by atoms with E-state index in [2.05, 4.69) is 9.97 Å². The maximum absolute atomic E-state index is 13.0. The Morgan fingerprint density at radius 1 is 1.14 bits per heavy atom. The van der Waals surface area contributed by atoms with Crippen LogP contribution in [0.5, 0.6) is 11.5 Å². The van der Waals surface area contributed by atoms with Crippen LogP contribution in [0.4, 0.5) is 5.69 Å². The summed E-state index contributed by atoms with van der Waals surface area (Å²) in [6.45, 7) is 2.11. The number of ether oxygens (including phenoxy) is 2. The third kappa shape index (κ3) is 3.02. The molecular weight excluding hydrogens is 376 g/mol. The number of nitrogens with zero attached hydrogens (tertiary/aromatic N) is 3. The molecule has 0 saturated carbocycles. The fourth-order valence-electron chi connectivity index (χ4n) is 4.14. The van der Waals surface area contributed by atoms with Crippen molar-refractivity contribution in [3.8, 4) is 11.5 Å². The Kier molecular flexibility index (Phi) is 4.22. The van der Waals surface area contributed by atoms with Crippen molar-refractivity contribution in [1.82, 2.24) is 14.9 Å². The minimum atomic E-state index is -0.716. The number of rotatable bonds is 2. The molecule has 0 bridgehead atoms. The minimum Gasteiger partial charge on any atom is -0.486 e. The molecule has 9 heteroatoms. The molecule has 150 valence electrons. The molecule has 0 aliphatic carbocycles. The maximum atomic E-state index is 13.0. The van der Waals surface area contributed by atoms with Gasteiger partial charge in [0.2, 0.25) is 11.8 Å². The molecule has 1 atom stereocenters. The zero-order valence-corrected chi connectivity index (χ0v) is 15.7. The number of nitrogens with one attached hydrogen (secondary N) is 1. The molecule has 1 saturated heterocycles. The van der Waals surface area contributed by atoms with Crippen molar-refractivity contribution in [2.24, 2.45) is 5.92 Å². The van der Waals surface area contributed by atoms with Crippen LogP contribution in [-0.2, 0) is 22.6 Å². The molecule has 0 spiro atoms. The van der Waals surface area contributed by atoms with E-state index in [4.69, 9.17) is 9.47 Å². The number of hydrogen-bond acceptors (Lipinski definition) is 6. The monoisotopic (exact) mass is 396 g/mol. The lowest BCUT2D eigenvalue weighted by molar-refractivity contribution is -0.140. The lowest BCUT2D eigenvalue weighted by Crippen LogP contribution is -2.44. The van der Waals surface area contributed by atoms with E-state index >= 15 is 0 Å². The van der Waals surface area contributed by atoms with Crippen LogP contribution < -0.4 is 19.9 Å². The Hall–Kier alpha value is -3.36. The molecule has 2 amide bonds. The van der Waals surface area contributed by atoms with Gasteiger partial charge in [-0.3, -0.25) is 14.4 Å². The predicted molar refractivity (Wildman–Crippen MR) is 102 cm³/mol. The molecule has 4 heterocycles. The second-order valence-electron chi connectivity index (χ2n) is 7.33. The molecule has 0 radical (unpaired) electrons. The SMILES string of the molecule is O=C(C1CCN(c2ccc3c(c2)OCCO3)C1=O)N1CCc2c(nc[nH]c2=O)C1. The van der Waals surface area contributed by atoms with Crippen LogP contribution in [0.25, 0.3) is 0 Å². The van der Waals surface area contributed by atoms with Crippen molar-refractivity contribution in [2.45, 2.75) is 19.4 Å². The van der Waals surface area contributed by atoms with Crippen molar-refractivity contribution < 1.29 is 19.1 Å². The van der Waals surface area contributed by atoms with Crippen molar-refractivity contribution in [3.63, 3.8) is 0 Å². The van der Waals surface area contributed by atoms with Crippen LogP contribution >= 0.6 is 0 Å². The summed E-state index contributed by atoms with van der Waals surface area (Å²) < 4.78 is 11.1. The lowest BCUT2D eigenvalue weighted by Gasteiger charge is -2.29. The molecular formula is C20H20N4O5. The van der Waals surface area contributed by atoms with E-state index in [-0.39, 0.29) is 23.9 Å². The summed E-state index contributed by atoms with van der Waals surface area (Å²) in [5, 5.41) is 0. The van der Waals surface area contributed by atoms with E-state index in [1.54, 1.807) is 21.9 Å². The van der Waals surface area contributed by atoms with E-state index in [1.165, 1.54) is 6.33 Å². The van der Waals surface area contributed by atoms with Gasteiger partial charge in [0.15, 0.2) is 11.5 Å². The van der Waals surface area contributed by atoms with Crippen LogP contribution in [0.3, 0.4) is 0 Å². The van der Waals surface area contributed by atoms with Crippen LogP contribution in [-0.4, -0.2) is 53.0 Å². The molecule has 5 rings (SSSR count). The van der Waals surface area contributed by atoms with Gasteiger partial charge >= 0.3 is 0 Å². The summed E-state index contributed by atoms with van der Waals surface area (Å²) >= 11 is 0. The Balaban J connectivity index is 1.32. The second-order valence-corrected chi connectivity index (χ2v) is 7.33. The summed E-state index contributed by atoms with van der Waals surface area (Å²) in [4.78, 5) is 47.9. The molecule has 29 heavy (non-hydrogen) atoms. The van der Waals surface area contributed by atoms with Gasteiger partial charge in [0.25, 0.3) is 5.56 Å². The number of carbonyl (C=O) groups excluding carboxylic acids is 2. The number of anilines is 1. The number of aromatic amines is 1. The minimum absolute atomic E-state index is 0.163. The Morgan fingerprint density at radius 3 is 2.83 bits per heavy atom. The molecule has 1 N–H and O–H groups in total. The van der Waals surface area contributed by atoms with Crippen LogP contribution in [0.2, 0.25) is 0 Å². The van der Waals surface area contributed by atoms with Gasteiger partial charge in [-0.25, -0.2) is 4.98 Å². The van der Waals surface area contributed by atoms with Crippen LogP contribution in [0, 0.1) is 5.92 Å². The van der Waals surface area contributed by atoms with Gasteiger partial charge in [0.1, 0.15) is 19.1 Å². The van der Waals surface area contributed by atoms with Crippen molar-refractivity contribution in [3.05, 3.63) is 46.1 Å². The summed E-state index contributed by atoms with van der Waals surface area (Å²) in [5.74, 6) is 0.139. The van der Waals surface area contributed by atoms with Crippen molar-refractivity contribution in [1.29, 1.82) is 0 Å². The average Bonchev–Trinajstić information content (AvgIpc) is 3.14. The molecule has 1 fully saturated rings. The van der Waals surface area contributed by atoms with Crippen molar-refractivity contribution >= 4 is 17.5 Å². The summed E-state index contributed by atoms with van der Waals surface area (Å²) in [6.07, 6.45) is 2.24. The Morgan fingerprint density at radius 2 is 1.97 bits per heavy atom. The molecule has 9 nitrogen and oxygen atoms in total. The molecule has 3 aliphatic rings.